The van der Waals surface area contributed by atoms with E-state index in [4.69, 9.17) is 14.2 Å². The van der Waals surface area contributed by atoms with Crippen molar-refractivity contribution >= 4 is 11.9 Å². The van der Waals surface area contributed by atoms with Gasteiger partial charge in [-0.1, -0.05) is 46.1 Å². The molecule has 28 heavy (non-hydrogen) atoms. The molecule has 4 rings (SSSR count). The molecule has 0 aromatic rings. The van der Waals surface area contributed by atoms with Crippen molar-refractivity contribution < 1.29 is 23.8 Å². The molecule has 2 aliphatic carbocycles. The first-order valence-corrected chi connectivity index (χ1v) is 11.1. The van der Waals surface area contributed by atoms with Gasteiger partial charge in [-0.3, -0.25) is 4.79 Å². The molecule has 0 unspecified atom stereocenters. The Kier molecular flexibility index (Phi) is 5.32. The van der Waals surface area contributed by atoms with Crippen molar-refractivity contribution in [1.29, 1.82) is 0 Å². The molecule has 5 nitrogen and oxygen atoms in total. The lowest BCUT2D eigenvalue weighted by molar-refractivity contribution is -0.170. The average molecular weight is 391 g/mol. The Morgan fingerprint density at radius 3 is 2.75 bits per heavy atom. The average Bonchev–Trinajstić information content (AvgIpc) is 3.39. The van der Waals surface area contributed by atoms with Crippen LogP contribution in [0.4, 0.5) is 0 Å². The predicted octanol–water partition coefficient (Wildman–Crippen LogP) is 4.34. The van der Waals surface area contributed by atoms with Gasteiger partial charge in [-0.15, -0.1) is 0 Å². The van der Waals surface area contributed by atoms with Crippen LogP contribution in [-0.2, 0) is 23.8 Å². The summed E-state index contributed by atoms with van der Waals surface area (Å²) in [7, 11) is 0. The minimum atomic E-state index is -0.359. The Labute approximate surface area is 168 Å². The lowest BCUT2D eigenvalue weighted by Crippen LogP contribution is -2.56. The van der Waals surface area contributed by atoms with E-state index in [0.717, 1.165) is 38.5 Å². The van der Waals surface area contributed by atoms with E-state index < -0.39 is 0 Å². The molecule has 0 aromatic carbocycles. The predicted molar refractivity (Wildman–Crippen MR) is 105 cm³/mol. The summed E-state index contributed by atoms with van der Waals surface area (Å²) >= 11 is 0. The minimum absolute atomic E-state index is 0.0423. The van der Waals surface area contributed by atoms with Gasteiger partial charge in [-0.05, 0) is 37.5 Å². The van der Waals surface area contributed by atoms with Crippen molar-refractivity contribution in [2.75, 3.05) is 6.61 Å². The molecule has 2 aliphatic heterocycles. The van der Waals surface area contributed by atoms with E-state index in [2.05, 4.69) is 20.4 Å². The lowest BCUT2D eigenvalue weighted by Gasteiger charge is -2.53. The van der Waals surface area contributed by atoms with E-state index >= 15 is 0 Å². The fourth-order valence-corrected chi connectivity index (χ4v) is 6.00. The Morgan fingerprint density at radius 1 is 1.29 bits per heavy atom. The van der Waals surface area contributed by atoms with E-state index in [1.807, 2.05) is 0 Å². The maximum Gasteiger partial charge on any atom is 0.334 e. The van der Waals surface area contributed by atoms with E-state index in [1.165, 1.54) is 19.3 Å². The van der Waals surface area contributed by atoms with Crippen LogP contribution < -0.4 is 0 Å². The molecular formula is C23H34O5. The van der Waals surface area contributed by atoms with Crippen molar-refractivity contribution in [1.82, 2.24) is 0 Å². The van der Waals surface area contributed by atoms with Crippen molar-refractivity contribution in [3.8, 4) is 0 Å². The third-order valence-corrected chi connectivity index (χ3v) is 7.76. The van der Waals surface area contributed by atoms with Crippen LogP contribution in [0.1, 0.15) is 78.1 Å². The van der Waals surface area contributed by atoms with Crippen molar-refractivity contribution in [3.63, 3.8) is 0 Å². The van der Waals surface area contributed by atoms with Crippen LogP contribution in [-0.4, -0.2) is 36.4 Å². The highest BCUT2D eigenvalue weighted by Crippen LogP contribution is 2.63. The quantitative estimate of drug-likeness (QED) is 0.280. The van der Waals surface area contributed by atoms with Gasteiger partial charge in [0.15, 0.2) is 0 Å². The van der Waals surface area contributed by atoms with E-state index in [1.54, 1.807) is 0 Å². The third-order valence-electron chi connectivity index (χ3n) is 7.76. The monoisotopic (exact) mass is 390 g/mol. The summed E-state index contributed by atoms with van der Waals surface area (Å²) in [5, 5.41) is 0. The molecule has 2 saturated heterocycles. The second-order valence-corrected chi connectivity index (χ2v) is 9.65. The number of hydrogen-bond acceptors (Lipinski definition) is 5. The van der Waals surface area contributed by atoms with E-state index in [0.29, 0.717) is 18.6 Å². The summed E-state index contributed by atoms with van der Waals surface area (Å²) < 4.78 is 17.5. The Hall–Kier alpha value is -1.36. The number of hydrogen-bond donors (Lipinski definition) is 0. The number of ether oxygens (including phenoxy) is 3. The number of esters is 2. The van der Waals surface area contributed by atoms with Gasteiger partial charge in [0, 0.05) is 23.8 Å². The lowest BCUT2D eigenvalue weighted by atomic mass is 9.53. The highest BCUT2D eigenvalue weighted by Gasteiger charge is 2.69. The maximum atomic E-state index is 12.4. The van der Waals surface area contributed by atoms with Crippen LogP contribution in [0, 0.1) is 17.3 Å². The topological polar surface area (TPSA) is 65.1 Å². The van der Waals surface area contributed by atoms with Crippen molar-refractivity contribution in [3.05, 3.63) is 12.2 Å². The first-order chi connectivity index (χ1) is 13.4. The van der Waals surface area contributed by atoms with Gasteiger partial charge in [-0.2, -0.15) is 0 Å². The molecular weight excluding hydrogens is 356 g/mol. The zero-order chi connectivity index (χ0) is 19.9. The Balaban J connectivity index is 1.39. The molecule has 0 bridgehead atoms. The number of fused-ring (bicyclic) bond motifs is 3. The van der Waals surface area contributed by atoms with Crippen LogP contribution in [0.25, 0.3) is 0 Å². The molecule has 2 saturated carbocycles. The molecule has 0 aromatic heterocycles. The third kappa shape index (κ3) is 3.40. The van der Waals surface area contributed by atoms with E-state index in [9.17, 15) is 9.59 Å². The second-order valence-electron chi connectivity index (χ2n) is 9.65. The first-order valence-electron chi connectivity index (χ1n) is 11.1. The first kappa shape index (κ1) is 19.9. The molecule has 0 amide bonds. The summed E-state index contributed by atoms with van der Waals surface area (Å²) in [6.07, 6.45) is 9.44. The largest absolute Gasteiger partial charge is 0.459 e. The van der Waals surface area contributed by atoms with E-state index in [-0.39, 0.29) is 47.0 Å². The summed E-state index contributed by atoms with van der Waals surface area (Å²) in [5.74, 6) is 0.0368. The van der Waals surface area contributed by atoms with Gasteiger partial charge in [0.1, 0.15) is 17.8 Å². The normalized spacial score (nSPS) is 41.4. The van der Waals surface area contributed by atoms with Crippen LogP contribution in [0.15, 0.2) is 12.2 Å². The summed E-state index contributed by atoms with van der Waals surface area (Å²) in [4.78, 5) is 24.4. The molecule has 156 valence electrons. The fourth-order valence-electron chi connectivity index (χ4n) is 6.00. The number of epoxide rings is 1. The summed E-state index contributed by atoms with van der Waals surface area (Å²) in [5.41, 5.74) is 0.307. The zero-order valence-electron chi connectivity index (χ0n) is 17.3. The molecule has 2 heterocycles. The zero-order valence-corrected chi connectivity index (χ0v) is 17.3. The molecule has 1 spiro atoms. The standard InChI is InChI=1S/C23H34O5/c1-4-5-6-7-8-9-20(24)28-19-10-11-22(3)13-17-16(15(2)21(25)27-17)12-18(22)23(19)14-26-23/h16-19H,2,4-14H2,1,3H3/t16-,17-,18-,19-,22-,23+/m1/s1. The SMILES string of the molecule is C=C1C(=O)O[C@@H]2C[C@@]3(C)CC[C@@H](OC(=O)CCCCCCC)[C@]4(CO4)[C@@H]3C[C@H]12. The van der Waals surface area contributed by atoms with Gasteiger partial charge < -0.3 is 14.2 Å². The van der Waals surface area contributed by atoms with Crippen LogP contribution in [0.2, 0.25) is 0 Å². The second kappa shape index (κ2) is 7.47. The molecule has 5 heteroatoms. The van der Waals surface area contributed by atoms with Crippen LogP contribution in [0.5, 0.6) is 0 Å². The van der Waals surface area contributed by atoms with Crippen molar-refractivity contribution in [2.45, 2.75) is 95.9 Å². The van der Waals surface area contributed by atoms with Gasteiger partial charge >= 0.3 is 11.9 Å². The summed E-state index contributed by atoms with van der Waals surface area (Å²) in [6, 6.07) is 0. The van der Waals surface area contributed by atoms with Crippen LogP contribution >= 0.6 is 0 Å². The summed E-state index contributed by atoms with van der Waals surface area (Å²) in [6.45, 7) is 9.10. The maximum absolute atomic E-state index is 12.4. The molecule has 6 atom stereocenters. The van der Waals surface area contributed by atoms with Crippen molar-refractivity contribution in [2.24, 2.45) is 17.3 Å². The molecule has 4 fully saturated rings. The highest BCUT2D eigenvalue weighted by molar-refractivity contribution is 5.90. The molecule has 0 radical (unpaired) electrons. The fraction of sp³-hybridized carbons (Fsp3) is 0.826. The molecule has 4 aliphatic rings. The smallest absolute Gasteiger partial charge is 0.334 e. The number of unbranched alkanes of at least 4 members (excludes halogenated alkanes) is 4. The van der Waals surface area contributed by atoms with Gasteiger partial charge in [0.2, 0.25) is 0 Å². The van der Waals surface area contributed by atoms with Gasteiger partial charge in [-0.25, -0.2) is 4.79 Å². The Bertz CT molecular complexity index is 651. The minimum Gasteiger partial charge on any atom is -0.459 e. The van der Waals surface area contributed by atoms with Crippen LogP contribution in [0.3, 0.4) is 0 Å². The number of carbonyl (C=O) groups excluding carboxylic acids is 2. The number of carbonyl (C=O) groups is 2. The van der Waals surface area contributed by atoms with Gasteiger partial charge in [0.25, 0.3) is 0 Å². The molecule has 0 N–H and O–H groups in total. The highest BCUT2D eigenvalue weighted by atomic mass is 16.6. The number of rotatable bonds is 7. The van der Waals surface area contributed by atoms with Gasteiger partial charge in [0.05, 0.1) is 6.61 Å². The Morgan fingerprint density at radius 2 is 2.04 bits per heavy atom.